The highest BCUT2D eigenvalue weighted by Crippen LogP contribution is 2.37. The Labute approximate surface area is 183 Å². The zero-order chi connectivity index (χ0) is 22.9. The van der Waals surface area contributed by atoms with E-state index >= 15 is 0 Å². The van der Waals surface area contributed by atoms with Crippen molar-refractivity contribution in [1.82, 2.24) is 14.6 Å². The second kappa shape index (κ2) is 8.54. The van der Waals surface area contributed by atoms with Gasteiger partial charge in [-0.15, -0.1) is 0 Å². The van der Waals surface area contributed by atoms with E-state index in [1.165, 1.54) is 12.1 Å². The molecule has 3 aromatic rings. The minimum Gasteiger partial charge on any atom is -0.465 e. The maximum atomic E-state index is 13.1. The predicted molar refractivity (Wildman–Crippen MR) is 111 cm³/mol. The number of hydrogen-bond donors (Lipinski definition) is 0. The molecule has 9 heteroatoms. The van der Waals surface area contributed by atoms with Crippen LogP contribution in [0.2, 0.25) is 0 Å². The standard InChI is InChI=1S/C23H24F3N3O3/c1-3-32-21(30)22(2,12-15-9-11-31-14-15)19-8-10-27-20-18(13-28-29(19)20)16-4-6-17(7-5-16)23(24,25)26/h4-8,10,13,15H,3,9,11-12,14H2,1-2H3. The number of alkyl halides is 3. The first kappa shape index (κ1) is 22.3. The molecule has 1 aliphatic rings. The molecule has 1 aromatic carbocycles. The molecule has 0 amide bonds. The molecule has 0 aliphatic carbocycles. The number of aromatic nitrogens is 3. The molecule has 0 radical (unpaired) electrons. The van der Waals surface area contributed by atoms with Crippen molar-refractivity contribution in [2.45, 2.75) is 38.3 Å². The Morgan fingerprint density at radius 3 is 2.62 bits per heavy atom. The average Bonchev–Trinajstić information content (AvgIpc) is 3.42. The predicted octanol–water partition coefficient (Wildman–Crippen LogP) is 4.66. The molecule has 3 heterocycles. The molecule has 1 aliphatic heterocycles. The van der Waals surface area contributed by atoms with E-state index in [1.807, 2.05) is 6.92 Å². The van der Waals surface area contributed by atoms with Gasteiger partial charge in [0, 0.05) is 25.0 Å². The maximum absolute atomic E-state index is 13.1. The van der Waals surface area contributed by atoms with Crippen molar-refractivity contribution in [2.24, 2.45) is 5.92 Å². The number of benzene rings is 1. The number of hydrogen-bond acceptors (Lipinski definition) is 5. The molecule has 2 atom stereocenters. The fourth-order valence-electron chi connectivity index (χ4n) is 4.26. The van der Waals surface area contributed by atoms with E-state index in [1.54, 1.807) is 29.9 Å². The number of esters is 1. The molecule has 2 unspecified atom stereocenters. The van der Waals surface area contributed by atoms with Gasteiger partial charge in [0.2, 0.25) is 0 Å². The van der Waals surface area contributed by atoms with Crippen molar-refractivity contribution in [2.75, 3.05) is 19.8 Å². The largest absolute Gasteiger partial charge is 0.465 e. The Bertz CT molecular complexity index is 1110. The zero-order valence-electron chi connectivity index (χ0n) is 17.9. The molecule has 0 N–H and O–H groups in total. The Morgan fingerprint density at radius 1 is 1.25 bits per heavy atom. The summed E-state index contributed by atoms with van der Waals surface area (Å²) >= 11 is 0. The van der Waals surface area contributed by atoms with Gasteiger partial charge in [0.25, 0.3) is 0 Å². The minimum atomic E-state index is -4.41. The number of ether oxygens (including phenoxy) is 2. The lowest BCUT2D eigenvalue weighted by Gasteiger charge is -2.30. The third kappa shape index (κ3) is 4.09. The number of nitrogens with zero attached hydrogens (tertiary/aromatic N) is 3. The first-order valence-corrected chi connectivity index (χ1v) is 10.5. The number of halogens is 3. The fraction of sp³-hybridized carbons (Fsp3) is 0.435. The van der Waals surface area contributed by atoms with E-state index < -0.39 is 17.2 Å². The van der Waals surface area contributed by atoms with E-state index in [2.05, 4.69) is 10.1 Å². The van der Waals surface area contributed by atoms with Gasteiger partial charge >= 0.3 is 12.1 Å². The molecule has 0 bridgehead atoms. The molecule has 1 fully saturated rings. The molecule has 0 saturated carbocycles. The molecule has 32 heavy (non-hydrogen) atoms. The van der Waals surface area contributed by atoms with Crippen LogP contribution in [0.4, 0.5) is 13.2 Å². The summed E-state index contributed by atoms with van der Waals surface area (Å²) in [6.07, 6.45) is 0.122. The number of carbonyl (C=O) groups excluding carboxylic acids is 1. The molecular weight excluding hydrogens is 423 g/mol. The first-order chi connectivity index (χ1) is 15.2. The molecule has 170 valence electrons. The van der Waals surface area contributed by atoms with Crippen LogP contribution in [-0.4, -0.2) is 40.4 Å². The van der Waals surface area contributed by atoms with Gasteiger partial charge in [-0.25, -0.2) is 9.50 Å². The minimum absolute atomic E-state index is 0.206. The van der Waals surface area contributed by atoms with Crippen molar-refractivity contribution in [3.05, 3.63) is 54.0 Å². The highest BCUT2D eigenvalue weighted by molar-refractivity contribution is 5.83. The van der Waals surface area contributed by atoms with Crippen LogP contribution in [0.25, 0.3) is 16.8 Å². The van der Waals surface area contributed by atoms with Crippen molar-refractivity contribution in [3.8, 4) is 11.1 Å². The van der Waals surface area contributed by atoms with Crippen molar-refractivity contribution in [1.29, 1.82) is 0 Å². The summed E-state index contributed by atoms with van der Waals surface area (Å²) in [6.45, 7) is 5.08. The SMILES string of the molecule is CCOC(=O)C(C)(CC1CCOC1)c1ccnc2c(-c3ccc(C(F)(F)F)cc3)cnn12. The van der Waals surface area contributed by atoms with E-state index in [0.717, 1.165) is 18.6 Å². The Kier molecular flexibility index (Phi) is 5.94. The van der Waals surface area contributed by atoms with Crippen molar-refractivity contribution < 1.29 is 27.4 Å². The van der Waals surface area contributed by atoms with Gasteiger partial charge in [-0.1, -0.05) is 12.1 Å². The van der Waals surface area contributed by atoms with Gasteiger partial charge in [0.05, 0.1) is 24.1 Å². The van der Waals surface area contributed by atoms with E-state index in [0.29, 0.717) is 42.1 Å². The van der Waals surface area contributed by atoms with Gasteiger partial charge in [-0.3, -0.25) is 4.79 Å². The van der Waals surface area contributed by atoms with Gasteiger partial charge in [-0.2, -0.15) is 18.3 Å². The molecular formula is C23H24F3N3O3. The summed E-state index contributed by atoms with van der Waals surface area (Å²) in [5, 5.41) is 4.44. The van der Waals surface area contributed by atoms with Gasteiger partial charge in [0.15, 0.2) is 5.65 Å². The number of rotatable bonds is 6. The zero-order valence-corrected chi connectivity index (χ0v) is 17.9. The van der Waals surface area contributed by atoms with Crippen molar-refractivity contribution in [3.63, 3.8) is 0 Å². The molecule has 2 aromatic heterocycles. The summed E-state index contributed by atoms with van der Waals surface area (Å²) in [4.78, 5) is 17.5. The second-order valence-corrected chi connectivity index (χ2v) is 8.19. The van der Waals surface area contributed by atoms with Gasteiger partial charge in [-0.05, 0) is 56.4 Å². The van der Waals surface area contributed by atoms with Crippen LogP contribution in [0.15, 0.2) is 42.7 Å². The van der Waals surface area contributed by atoms with Crippen LogP contribution in [0.1, 0.15) is 37.9 Å². The summed E-state index contributed by atoms with van der Waals surface area (Å²) < 4.78 is 51.3. The molecule has 6 nitrogen and oxygen atoms in total. The molecule has 1 saturated heterocycles. The fourth-order valence-corrected chi connectivity index (χ4v) is 4.26. The summed E-state index contributed by atoms with van der Waals surface area (Å²) in [5.41, 5.74) is 0.501. The molecule has 4 rings (SSSR count). The third-order valence-electron chi connectivity index (χ3n) is 5.94. The Balaban J connectivity index is 1.77. The van der Waals surface area contributed by atoms with E-state index in [9.17, 15) is 18.0 Å². The number of carbonyl (C=O) groups is 1. The Hall–Kier alpha value is -2.94. The average molecular weight is 447 g/mol. The highest BCUT2D eigenvalue weighted by atomic mass is 19.4. The van der Waals surface area contributed by atoms with Crippen LogP contribution in [0.3, 0.4) is 0 Å². The van der Waals surface area contributed by atoms with Crippen LogP contribution in [-0.2, 0) is 25.9 Å². The Morgan fingerprint density at radius 2 is 2.00 bits per heavy atom. The highest BCUT2D eigenvalue weighted by Gasteiger charge is 2.42. The van der Waals surface area contributed by atoms with E-state index in [-0.39, 0.29) is 18.5 Å². The van der Waals surface area contributed by atoms with Crippen LogP contribution < -0.4 is 0 Å². The molecule has 0 spiro atoms. The normalized spacial score (nSPS) is 18.6. The number of fused-ring (bicyclic) bond motifs is 1. The maximum Gasteiger partial charge on any atom is 0.416 e. The van der Waals surface area contributed by atoms with Crippen LogP contribution in [0, 0.1) is 5.92 Å². The topological polar surface area (TPSA) is 65.7 Å². The summed E-state index contributed by atoms with van der Waals surface area (Å²) in [5.74, 6) is -0.149. The van der Waals surface area contributed by atoms with Gasteiger partial charge < -0.3 is 9.47 Å². The van der Waals surface area contributed by atoms with Crippen LogP contribution >= 0.6 is 0 Å². The summed E-state index contributed by atoms with van der Waals surface area (Å²) in [6, 6.07) is 6.60. The monoisotopic (exact) mass is 447 g/mol. The quantitative estimate of drug-likeness (QED) is 0.514. The lowest BCUT2D eigenvalue weighted by atomic mass is 9.77. The van der Waals surface area contributed by atoms with Crippen LogP contribution in [0.5, 0.6) is 0 Å². The lowest BCUT2D eigenvalue weighted by molar-refractivity contribution is -0.150. The van der Waals surface area contributed by atoms with Gasteiger partial charge in [0.1, 0.15) is 5.41 Å². The second-order valence-electron chi connectivity index (χ2n) is 8.19. The first-order valence-electron chi connectivity index (χ1n) is 10.5. The third-order valence-corrected chi connectivity index (χ3v) is 5.94. The smallest absolute Gasteiger partial charge is 0.416 e. The summed E-state index contributed by atoms with van der Waals surface area (Å²) in [7, 11) is 0. The van der Waals surface area contributed by atoms with Crippen molar-refractivity contribution >= 4 is 11.6 Å². The lowest BCUT2D eigenvalue weighted by Crippen LogP contribution is -2.38. The van der Waals surface area contributed by atoms with E-state index in [4.69, 9.17) is 9.47 Å².